The third-order valence-corrected chi connectivity index (χ3v) is 3.61. The number of hydrogen-bond donors (Lipinski definition) is 1. The lowest BCUT2D eigenvalue weighted by Crippen LogP contribution is -2.14. The Morgan fingerprint density at radius 1 is 0.962 bits per heavy atom. The predicted molar refractivity (Wildman–Crippen MR) is 99.0 cm³/mol. The van der Waals surface area contributed by atoms with Crippen molar-refractivity contribution in [1.82, 2.24) is 0 Å². The summed E-state index contributed by atoms with van der Waals surface area (Å²) in [6, 6.07) is 7.43. The molecule has 0 heterocycles. The minimum Gasteiger partial charge on any atom is -0.490 e. The van der Waals surface area contributed by atoms with Gasteiger partial charge in [0.1, 0.15) is 5.82 Å². The second-order valence-electron chi connectivity index (χ2n) is 5.51. The molecule has 26 heavy (non-hydrogen) atoms. The summed E-state index contributed by atoms with van der Waals surface area (Å²) in [5.74, 6) is 0.678. The van der Waals surface area contributed by atoms with E-state index in [9.17, 15) is 9.18 Å². The van der Waals surface area contributed by atoms with Crippen molar-refractivity contribution in [3.63, 3.8) is 0 Å². The van der Waals surface area contributed by atoms with Gasteiger partial charge in [0.15, 0.2) is 11.5 Å². The highest BCUT2D eigenvalue weighted by molar-refractivity contribution is 6.05. The van der Waals surface area contributed by atoms with E-state index in [1.165, 1.54) is 18.2 Å². The summed E-state index contributed by atoms with van der Waals surface area (Å²) in [7, 11) is 0. The second kappa shape index (κ2) is 9.08. The molecule has 0 aliphatic heterocycles. The zero-order valence-electron chi connectivity index (χ0n) is 15.5. The van der Waals surface area contributed by atoms with E-state index >= 15 is 0 Å². The molecule has 2 aromatic rings. The van der Waals surface area contributed by atoms with Crippen molar-refractivity contribution in [3.8, 4) is 17.2 Å². The molecule has 140 valence electrons. The number of amides is 1. The van der Waals surface area contributed by atoms with Crippen LogP contribution in [0.25, 0.3) is 0 Å². The van der Waals surface area contributed by atoms with E-state index in [4.69, 9.17) is 14.2 Å². The van der Waals surface area contributed by atoms with Crippen molar-refractivity contribution in [2.75, 3.05) is 25.1 Å². The molecule has 1 N–H and O–H groups in total. The number of rotatable bonds is 8. The average molecular weight is 361 g/mol. The molecule has 0 atom stereocenters. The summed E-state index contributed by atoms with van der Waals surface area (Å²) < 4.78 is 30.1. The fourth-order valence-electron chi connectivity index (χ4n) is 2.48. The number of halogens is 1. The quantitative estimate of drug-likeness (QED) is 0.748. The lowest BCUT2D eigenvalue weighted by molar-refractivity contribution is 0.102. The Bertz CT molecular complexity index is 749. The minimum atomic E-state index is -0.348. The maximum absolute atomic E-state index is 13.2. The highest BCUT2D eigenvalue weighted by atomic mass is 19.1. The van der Waals surface area contributed by atoms with E-state index in [1.54, 1.807) is 19.1 Å². The van der Waals surface area contributed by atoms with E-state index in [2.05, 4.69) is 5.32 Å². The number of aryl methyl sites for hydroxylation is 1. The van der Waals surface area contributed by atoms with Crippen LogP contribution < -0.4 is 19.5 Å². The first-order valence-corrected chi connectivity index (χ1v) is 8.64. The number of nitrogens with one attached hydrogen (secondary N) is 1. The van der Waals surface area contributed by atoms with Crippen LogP contribution in [0.2, 0.25) is 0 Å². The molecule has 2 rings (SSSR count). The Labute approximate surface area is 153 Å². The number of carbonyl (C=O) groups excluding carboxylic acids is 1. The van der Waals surface area contributed by atoms with Crippen molar-refractivity contribution in [3.05, 3.63) is 47.3 Å². The first-order chi connectivity index (χ1) is 12.5. The van der Waals surface area contributed by atoms with Crippen LogP contribution in [0.3, 0.4) is 0 Å². The molecule has 0 saturated carbocycles. The van der Waals surface area contributed by atoms with Gasteiger partial charge >= 0.3 is 0 Å². The number of anilines is 1. The summed E-state index contributed by atoms with van der Waals surface area (Å²) in [5, 5.41) is 2.79. The van der Waals surface area contributed by atoms with Crippen LogP contribution >= 0.6 is 0 Å². The van der Waals surface area contributed by atoms with Gasteiger partial charge in [0, 0.05) is 11.3 Å². The minimum absolute atomic E-state index is 0.343. The first-order valence-electron chi connectivity index (χ1n) is 8.64. The highest BCUT2D eigenvalue weighted by Gasteiger charge is 2.18. The molecule has 0 aliphatic carbocycles. The summed E-state index contributed by atoms with van der Waals surface area (Å²) >= 11 is 0. The van der Waals surface area contributed by atoms with Gasteiger partial charge in [-0.3, -0.25) is 4.79 Å². The van der Waals surface area contributed by atoms with Crippen LogP contribution in [0.4, 0.5) is 10.1 Å². The fraction of sp³-hybridized carbons (Fsp3) is 0.350. The largest absolute Gasteiger partial charge is 0.490 e. The number of hydrogen-bond acceptors (Lipinski definition) is 4. The Morgan fingerprint density at radius 3 is 2.04 bits per heavy atom. The van der Waals surface area contributed by atoms with Crippen LogP contribution in [0.15, 0.2) is 30.3 Å². The van der Waals surface area contributed by atoms with Gasteiger partial charge in [0.25, 0.3) is 5.91 Å². The maximum atomic E-state index is 13.2. The van der Waals surface area contributed by atoms with Crippen molar-refractivity contribution < 1.29 is 23.4 Å². The molecule has 0 radical (unpaired) electrons. The van der Waals surface area contributed by atoms with Crippen LogP contribution in [-0.4, -0.2) is 25.7 Å². The van der Waals surface area contributed by atoms with Crippen molar-refractivity contribution in [2.24, 2.45) is 0 Å². The van der Waals surface area contributed by atoms with Crippen LogP contribution in [0.1, 0.15) is 36.7 Å². The zero-order chi connectivity index (χ0) is 19.1. The lowest BCUT2D eigenvalue weighted by atomic mass is 10.1. The standard InChI is InChI=1S/C20H24FNO4/c1-5-24-17-11-14(12-18(25-6-2)19(17)26-7-3)20(23)22-16-9-8-15(21)10-13(16)4/h8-12H,5-7H2,1-4H3,(H,22,23). The van der Waals surface area contributed by atoms with E-state index in [0.717, 1.165) is 0 Å². The normalized spacial score (nSPS) is 10.3. The Kier molecular flexibility index (Phi) is 6.83. The second-order valence-corrected chi connectivity index (χ2v) is 5.51. The number of carbonyl (C=O) groups is 1. The Hall–Kier alpha value is -2.76. The van der Waals surface area contributed by atoms with E-state index in [-0.39, 0.29) is 11.7 Å². The topological polar surface area (TPSA) is 56.8 Å². The zero-order valence-corrected chi connectivity index (χ0v) is 15.5. The molecule has 5 nitrogen and oxygen atoms in total. The van der Waals surface area contributed by atoms with Crippen LogP contribution in [0.5, 0.6) is 17.2 Å². The SMILES string of the molecule is CCOc1cc(C(=O)Nc2ccc(F)cc2C)cc(OCC)c1OCC. The summed E-state index contributed by atoms with van der Waals surface area (Å²) in [5.41, 5.74) is 1.55. The Balaban J connectivity index is 2.38. The fourth-order valence-corrected chi connectivity index (χ4v) is 2.48. The number of ether oxygens (including phenoxy) is 3. The highest BCUT2D eigenvalue weighted by Crippen LogP contribution is 2.39. The van der Waals surface area contributed by atoms with Crippen molar-refractivity contribution in [2.45, 2.75) is 27.7 Å². The maximum Gasteiger partial charge on any atom is 0.255 e. The molecule has 1 amide bonds. The van der Waals surface area contributed by atoms with Gasteiger partial charge < -0.3 is 19.5 Å². The molecular weight excluding hydrogens is 337 g/mol. The molecule has 0 aliphatic rings. The third kappa shape index (κ3) is 4.65. The van der Waals surface area contributed by atoms with Gasteiger partial charge in [0.2, 0.25) is 5.75 Å². The smallest absolute Gasteiger partial charge is 0.255 e. The van der Waals surface area contributed by atoms with E-state index in [1.807, 2.05) is 20.8 Å². The van der Waals surface area contributed by atoms with E-state index in [0.29, 0.717) is 53.9 Å². The molecule has 0 bridgehead atoms. The van der Waals surface area contributed by atoms with Crippen LogP contribution in [-0.2, 0) is 0 Å². The van der Waals surface area contributed by atoms with Gasteiger partial charge in [-0.25, -0.2) is 4.39 Å². The van der Waals surface area contributed by atoms with Crippen molar-refractivity contribution in [1.29, 1.82) is 0 Å². The monoisotopic (exact) mass is 361 g/mol. The first kappa shape index (κ1) is 19.6. The third-order valence-electron chi connectivity index (χ3n) is 3.61. The van der Waals surface area contributed by atoms with E-state index < -0.39 is 0 Å². The molecule has 6 heteroatoms. The van der Waals surface area contributed by atoms with Crippen molar-refractivity contribution >= 4 is 11.6 Å². The van der Waals surface area contributed by atoms with Gasteiger partial charge in [-0.2, -0.15) is 0 Å². The molecule has 0 unspecified atom stereocenters. The van der Waals surface area contributed by atoms with Gasteiger partial charge in [-0.15, -0.1) is 0 Å². The molecule has 0 spiro atoms. The summed E-state index contributed by atoms with van der Waals surface area (Å²) in [6.07, 6.45) is 0. The lowest BCUT2D eigenvalue weighted by Gasteiger charge is -2.17. The average Bonchev–Trinajstić information content (AvgIpc) is 2.60. The molecular formula is C20H24FNO4. The Morgan fingerprint density at radius 2 is 1.54 bits per heavy atom. The number of benzene rings is 2. The van der Waals surface area contributed by atoms with Gasteiger partial charge in [-0.1, -0.05) is 0 Å². The predicted octanol–water partition coefficient (Wildman–Crippen LogP) is 4.58. The van der Waals surface area contributed by atoms with Gasteiger partial charge in [-0.05, 0) is 63.6 Å². The molecule has 0 aromatic heterocycles. The van der Waals surface area contributed by atoms with Crippen LogP contribution in [0, 0.1) is 12.7 Å². The summed E-state index contributed by atoms with van der Waals surface area (Å²) in [4.78, 5) is 12.7. The molecule has 2 aromatic carbocycles. The molecule has 0 saturated heterocycles. The summed E-state index contributed by atoms with van der Waals surface area (Å²) in [6.45, 7) is 8.59. The molecule has 0 fully saturated rings. The van der Waals surface area contributed by atoms with Gasteiger partial charge in [0.05, 0.1) is 19.8 Å².